The Morgan fingerprint density at radius 2 is 1.33 bits per heavy atom. The molecule has 0 amide bonds. The molecule has 0 fully saturated rings. The van der Waals surface area contributed by atoms with Crippen LogP contribution >= 0.6 is 0 Å². The maximum absolute atomic E-state index is 12.8. The van der Waals surface area contributed by atoms with Gasteiger partial charge in [-0.15, -0.1) is 0 Å². The average Bonchev–Trinajstić information content (AvgIpc) is 2.58. The van der Waals surface area contributed by atoms with Gasteiger partial charge in [0.05, 0.1) is 0 Å². The van der Waals surface area contributed by atoms with Crippen LogP contribution in [0.4, 0.5) is 0 Å². The van der Waals surface area contributed by atoms with Crippen molar-refractivity contribution in [2.45, 2.75) is 51.4 Å². The van der Waals surface area contributed by atoms with Crippen LogP contribution in [0.25, 0.3) is 0 Å². The zero-order valence-corrected chi connectivity index (χ0v) is 14.4. The summed E-state index contributed by atoms with van der Waals surface area (Å²) in [6, 6.07) is 8.33. The lowest BCUT2D eigenvalue weighted by molar-refractivity contribution is -0.117. The van der Waals surface area contributed by atoms with E-state index in [0.29, 0.717) is 12.8 Å². The largest absolute Gasteiger partial charge is 0.351 e. The number of hydrogen-bond donors (Lipinski definition) is 0. The second-order valence-electron chi connectivity index (χ2n) is 7.18. The minimum absolute atomic E-state index is 0.160. The van der Waals surface area contributed by atoms with Gasteiger partial charge in [0.1, 0.15) is 0 Å². The third-order valence-electron chi connectivity index (χ3n) is 5.66. The molecule has 3 heteroatoms. The molecule has 0 saturated heterocycles. The lowest BCUT2D eigenvalue weighted by Crippen LogP contribution is -2.37. The van der Waals surface area contributed by atoms with Gasteiger partial charge in [-0.2, -0.15) is 0 Å². The molecule has 1 aromatic rings. The van der Waals surface area contributed by atoms with Crippen LogP contribution in [-0.4, -0.2) is 23.5 Å². The summed E-state index contributed by atoms with van der Waals surface area (Å²) in [6.07, 6.45) is 4.91. The molecule has 0 atom stereocenters. The minimum atomic E-state index is -0.160. The van der Waals surface area contributed by atoms with Gasteiger partial charge in [-0.3, -0.25) is 9.59 Å². The van der Waals surface area contributed by atoms with Crippen molar-refractivity contribution in [3.8, 4) is 0 Å². The maximum Gasteiger partial charge on any atom is 0.161 e. The number of benzene rings is 1. The molecule has 0 aromatic heterocycles. The predicted molar refractivity (Wildman–Crippen MR) is 93.5 cm³/mol. The van der Waals surface area contributed by atoms with Crippen LogP contribution in [0.5, 0.6) is 0 Å². The highest BCUT2D eigenvalue weighted by atomic mass is 16.1. The molecular formula is C21H23NO2. The van der Waals surface area contributed by atoms with Crippen molar-refractivity contribution in [3.05, 3.63) is 57.9 Å². The van der Waals surface area contributed by atoms with Crippen LogP contribution in [0.1, 0.15) is 55.6 Å². The number of ketones is 2. The van der Waals surface area contributed by atoms with Gasteiger partial charge in [0.25, 0.3) is 0 Å². The molecule has 4 rings (SSSR count). The van der Waals surface area contributed by atoms with Gasteiger partial charge in [-0.05, 0) is 38.2 Å². The number of carbonyl (C=O) groups excluding carboxylic acids is 2. The quantitative estimate of drug-likeness (QED) is 0.783. The number of Topliss-reactive ketones (excluding diaryl/α,β-unsaturated/α-hetero) is 2. The maximum atomic E-state index is 12.8. The summed E-state index contributed by atoms with van der Waals surface area (Å²) in [5, 5.41) is 0. The fourth-order valence-electron chi connectivity index (χ4n) is 4.44. The van der Waals surface area contributed by atoms with Gasteiger partial charge < -0.3 is 4.90 Å². The summed E-state index contributed by atoms with van der Waals surface area (Å²) in [7, 11) is 2.03. The second kappa shape index (κ2) is 5.73. The van der Waals surface area contributed by atoms with E-state index < -0.39 is 0 Å². The summed E-state index contributed by atoms with van der Waals surface area (Å²) in [6.45, 7) is 2.06. The molecular weight excluding hydrogens is 298 g/mol. The molecule has 0 radical (unpaired) electrons. The molecule has 3 aliphatic rings. The van der Waals surface area contributed by atoms with Gasteiger partial charge >= 0.3 is 0 Å². The zero-order valence-electron chi connectivity index (χ0n) is 14.4. The number of aryl methyl sites for hydroxylation is 1. The third kappa shape index (κ3) is 2.26. The van der Waals surface area contributed by atoms with Crippen molar-refractivity contribution in [3.63, 3.8) is 0 Å². The highest BCUT2D eigenvalue weighted by molar-refractivity contribution is 6.06. The van der Waals surface area contributed by atoms with Crippen LogP contribution in [-0.2, 0) is 9.59 Å². The van der Waals surface area contributed by atoms with Gasteiger partial charge in [0, 0.05) is 48.3 Å². The van der Waals surface area contributed by atoms with E-state index in [1.165, 1.54) is 5.56 Å². The Balaban J connectivity index is 1.94. The number of carbonyl (C=O) groups is 2. The van der Waals surface area contributed by atoms with Crippen LogP contribution in [0, 0.1) is 6.92 Å². The second-order valence-corrected chi connectivity index (χ2v) is 7.18. The molecule has 3 nitrogen and oxygen atoms in total. The number of allylic oxidation sites excluding steroid dienone is 4. The SMILES string of the molecule is Cc1ccc(C2C3=C(CCCC3=O)N(C)C3=C2C(=O)CCC3)cc1. The fourth-order valence-corrected chi connectivity index (χ4v) is 4.44. The molecule has 0 saturated carbocycles. The zero-order chi connectivity index (χ0) is 16.8. The monoisotopic (exact) mass is 321 g/mol. The number of rotatable bonds is 1. The fraction of sp³-hybridized carbons (Fsp3) is 0.429. The third-order valence-corrected chi connectivity index (χ3v) is 5.66. The molecule has 0 spiro atoms. The van der Waals surface area contributed by atoms with Crippen molar-refractivity contribution < 1.29 is 9.59 Å². The highest BCUT2D eigenvalue weighted by Crippen LogP contribution is 2.48. The topological polar surface area (TPSA) is 37.4 Å². The van der Waals surface area contributed by atoms with E-state index in [4.69, 9.17) is 0 Å². The number of hydrogen-bond acceptors (Lipinski definition) is 3. The van der Waals surface area contributed by atoms with E-state index in [1.807, 2.05) is 7.05 Å². The first kappa shape index (κ1) is 15.4. The van der Waals surface area contributed by atoms with Crippen LogP contribution in [0.3, 0.4) is 0 Å². The van der Waals surface area contributed by atoms with E-state index in [0.717, 1.165) is 53.8 Å². The van der Waals surface area contributed by atoms with Gasteiger partial charge in [-0.25, -0.2) is 0 Å². The standard InChI is InChI=1S/C21H23NO2/c1-13-9-11-14(12-10-13)19-20-15(5-3-7-17(20)23)22(2)16-6-4-8-18(24)21(16)19/h9-12,19H,3-8H2,1-2H3. The Morgan fingerprint density at radius 3 is 1.83 bits per heavy atom. The molecule has 24 heavy (non-hydrogen) atoms. The van der Waals surface area contributed by atoms with E-state index in [1.54, 1.807) is 0 Å². The van der Waals surface area contributed by atoms with E-state index >= 15 is 0 Å². The lowest BCUT2D eigenvalue weighted by Gasteiger charge is -2.42. The molecule has 2 aliphatic carbocycles. The molecule has 124 valence electrons. The van der Waals surface area contributed by atoms with Crippen molar-refractivity contribution >= 4 is 11.6 Å². The van der Waals surface area contributed by atoms with E-state index in [-0.39, 0.29) is 17.5 Å². The van der Waals surface area contributed by atoms with Gasteiger partial charge in [0.2, 0.25) is 0 Å². The molecule has 0 N–H and O–H groups in total. The summed E-state index contributed by atoms with van der Waals surface area (Å²) in [5.74, 6) is 0.282. The molecule has 0 bridgehead atoms. The van der Waals surface area contributed by atoms with Gasteiger partial charge in [0.15, 0.2) is 11.6 Å². The first-order valence-electron chi connectivity index (χ1n) is 8.90. The van der Waals surface area contributed by atoms with E-state index in [2.05, 4.69) is 36.1 Å². The average molecular weight is 321 g/mol. The Morgan fingerprint density at radius 1 is 0.833 bits per heavy atom. The van der Waals surface area contributed by atoms with Crippen molar-refractivity contribution in [2.24, 2.45) is 0 Å². The Bertz CT molecular complexity index is 739. The minimum Gasteiger partial charge on any atom is -0.351 e. The molecule has 1 aliphatic heterocycles. The summed E-state index contributed by atoms with van der Waals surface area (Å²) < 4.78 is 0. The van der Waals surface area contributed by atoms with Crippen LogP contribution in [0.15, 0.2) is 46.8 Å². The Kier molecular flexibility index (Phi) is 3.67. The normalized spacial score (nSPS) is 22.0. The highest BCUT2D eigenvalue weighted by Gasteiger charge is 2.42. The summed E-state index contributed by atoms with van der Waals surface area (Å²) in [4.78, 5) is 27.7. The van der Waals surface area contributed by atoms with Crippen molar-refractivity contribution in [2.75, 3.05) is 7.05 Å². The van der Waals surface area contributed by atoms with Crippen LogP contribution in [0.2, 0.25) is 0 Å². The van der Waals surface area contributed by atoms with Gasteiger partial charge in [-0.1, -0.05) is 29.8 Å². The Hall–Kier alpha value is -2.16. The smallest absolute Gasteiger partial charge is 0.161 e. The van der Waals surface area contributed by atoms with Crippen LogP contribution < -0.4 is 0 Å². The first-order valence-corrected chi connectivity index (χ1v) is 8.90. The van der Waals surface area contributed by atoms with E-state index in [9.17, 15) is 9.59 Å². The van der Waals surface area contributed by atoms with Crippen molar-refractivity contribution in [1.29, 1.82) is 0 Å². The van der Waals surface area contributed by atoms with Crippen molar-refractivity contribution in [1.82, 2.24) is 4.90 Å². The summed E-state index contributed by atoms with van der Waals surface area (Å²) >= 11 is 0. The number of nitrogens with zero attached hydrogens (tertiary/aromatic N) is 1. The predicted octanol–water partition coefficient (Wildman–Crippen LogP) is 4.04. The molecule has 1 heterocycles. The first-order chi connectivity index (χ1) is 11.6. The summed E-state index contributed by atoms with van der Waals surface area (Å²) in [5.41, 5.74) is 6.32. The Labute approximate surface area is 143 Å². The molecule has 0 unspecified atom stereocenters. The lowest BCUT2D eigenvalue weighted by atomic mass is 9.71. The molecule has 1 aromatic carbocycles.